The number of hydrogen-bond donors (Lipinski definition) is 0. The monoisotopic (exact) mass is 207 g/mol. The Morgan fingerprint density at radius 2 is 2.27 bits per heavy atom. The molecule has 0 saturated carbocycles. The molecule has 0 unspecified atom stereocenters. The summed E-state index contributed by atoms with van der Waals surface area (Å²) >= 11 is 0. The fourth-order valence-corrected chi connectivity index (χ4v) is 1.22. The highest BCUT2D eigenvalue weighted by molar-refractivity contribution is 5.91. The van der Waals surface area contributed by atoms with Crippen LogP contribution >= 0.6 is 0 Å². The first kappa shape index (κ1) is 11.2. The van der Waals surface area contributed by atoms with Crippen LogP contribution in [0.2, 0.25) is 0 Å². The Morgan fingerprint density at radius 1 is 1.60 bits per heavy atom. The van der Waals surface area contributed by atoms with Gasteiger partial charge in [-0.3, -0.25) is 0 Å². The number of benzene rings is 1. The van der Waals surface area contributed by atoms with Crippen molar-refractivity contribution < 1.29 is 13.9 Å². The maximum Gasteiger partial charge on any atom is 0.338 e. The molecule has 1 aromatic rings. The van der Waals surface area contributed by atoms with Gasteiger partial charge in [0.05, 0.1) is 23.8 Å². The number of nitriles is 1. The van der Waals surface area contributed by atoms with Gasteiger partial charge in [-0.05, 0) is 31.5 Å². The third-order valence-corrected chi connectivity index (χ3v) is 1.99. The maximum absolute atomic E-state index is 13.0. The number of carbonyl (C=O) groups excluding carboxylic acids is 1. The third kappa shape index (κ3) is 2.32. The second kappa shape index (κ2) is 4.56. The lowest BCUT2D eigenvalue weighted by atomic mass is 10.0. The molecule has 0 aromatic heterocycles. The van der Waals surface area contributed by atoms with Crippen molar-refractivity contribution in [2.75, 3.05) is 6.61 Å². The van der Waals surface area contributed by atoms with Crippen LogP contribution in [0.15, 0.2) is 12.1 Å². The van der Waals surface area contributed by atoms with Crippen LogP contribution in [-0.2, 0) is 4.74 Å². The standard InChI is InChI=1S/C11H10FNO2/c1-3-15-11(14)10-5-9(12)4-8(6-13)7(10)2/h4-5H,3H2,1-2H3. The van der Waals surface area contributed by atoms with E-state index in [1.165, 1.54) is 0 Å². The molecule has 0 aliphatic carbocycles. The Balaban J connectivity index is 3.24. The first-order valence-corrected chi connectivity index (χ1v) is 4.47. The molecule has 15 heavy (non-hydrogen) atoms. The van der Waals surface area contributed by atoms with E-state index in [1.807, 2.05) is 6.07 Å². The fourth-order valence-electron chi connectivity index (χ4n) is 1.22. The summed E-state index contributed by atoms with van der Waals surface area (Å²) in [7, 11) is 0. The molecule has 0 fully saturated rings. The Morgan fingerprint density at radius 3 is 2.80 bits per heavy atom. The Bertz CT molecular complexity index is 435. The van der Waals surface area contributed by atoms with Crippen LogP contribution in [-0.4, -0.2) is 12.6 Å². The van der Waals surface area contributed by atoms with E-state index in [2.05, 4.69) is 0 Å². The van der Waals surface area contributed by atoms with Crippen LogP contribution in [0.4, 0.5) is 4.39 Å². The Kier molecular flexibility index (Phi) is 3.40. The van der Waals surface area contributed by atoms with Crippen molar-refractivity contribution in [1.29, 1.82) is 5.26 Å². The number of carbonyl (C=O) groups is 1. The largest absolute Gasteiger partial charge is 0.462 e. The van der Waals surface area contributed by atoms with Gasteiger partial charge in [0.15, 0.2) is 0 Å². The van der Waals surface area contributed by atoms with E-state index < -0.39 is 11.8 Å². The van der Waals surface area contributed by atoms with Gasteiger partial charge in [0.25, 0.3) is 0 Å². The molecular formula is C11H10FNO2. The Labute approximate surface area is 87.1 Å². The highest BCUT2D eigenvalue weighted by atomic mass is 19.1. The van der Waals surface area contributed by atoms with Crippen molar-refractivity contribution in [2.45, 2.75) is 13.8 Å². The number of esters is 1. The van der Waals surface area contributed by atoms with Gasteiger partial charge in [0, 0.05) is 0 Å². The summed E-state index contributed by atoms with van der Waals surface area (Å²) in [6, 6.07) is 4.00. The highest BCUT2D eigenvalue weighted by Crippen LogP contribution is 2.16. The molecule has 0 saturated heterocycles. The van der Waals surface area contributed by atoms with Crippen molar-refractivity contribution in [3.8, 4) is 6.07 Å². The topological polar surface area (TPSA) is 50.1 Å². The Hall–Kier alpha value is -1.89. The van der Waals surface area contributed by atoms with Gasteiger partial charge in [-0.15, -0.1) is 0 Å². The van der Waals surface area contributed by atoms with Gasteiger partial charge in [0.1, 0.15) is 5.82 Å². The van der Waals surface area contributed by atoms with E-state index in [0.717, 1.165) is 12.1 Å². The second-order valence-corrected chi connectivity index (χ2v) is 2.96. The van der Waals surface area contributed by atoms with Crippen molar-refractivity contribution in [2.24, 2.45) is 0 Å². The van der Waals surface area contributed by atoms with E-state index in [1.54, 1.807) is 13.8 Å². The van der Waals surface area contributed by atoms with Crippen molar-refractivity contribution in [3.05, 3.63) is 34.6 Å². The van der Waals surface area contributed by atoms with Crippen molar-refractivity contribution in [1.82, 2.24) is 0 Å². The number of nitrogens with zero attached hydrogens (tertiary/aromatic N) is 1. The minimum atomic E-state index is -0.611. The number of ether oxygens (including phenoxy) is 1. The molecule has 1 aromatic carbocycles. The lowest BCUT2D eigenvalue weighted by Crippen LogP contribution is -2.08. The summed E-state index contributed by atoms with van der Waals surface area (Å²) in [6.45, 7) is 3.47. The van der Waals surface area contributed by atoms with Crippen molar-refractivity contribution in [3.63, 3.8) is 0 Å². The van der Waals surface area contributed by atoms with E-state index in [0.29, 0.717) is 5.56 Å². The van der Waals surface area contributed by atoms with Crippen LogP contribution in [0.1, 0.15) is 28.4 Å². The molecule has 0 amide bonds. The molecule has 4 heteroatoms. The zero-order valence-electron chi connectivity index (χ0n) is 8.50. The zero-order valence-corrected chi connectivity index (χ0v) is 8.50. The first-order chi connectivity index (χ1) is 7.10. The van der Waals surface area contributed by atoms with Crippen molar-refractivity contribution >= 4 is 5.97 Å². The molecule has 0 radical (unpaired) electrons. The highest BCUT2D eigenvalue weighted by Gasteiger charge is 2.14. The minimum Gasteiger partial charge on any atom is -0.462 e. The molecular weight excluding hydrogens is 197 g/mol. The number of rotatable bonds is 2. The number of hydrogen-bond acceptors (Lipinski definition) is 3. The van der Waals surface area contributed by atoms with Gasteiger partial charge in [-0.2, -0.15) is 5.26 Å². The molecule has 0 heterocycles. The van der Waals surface area contributed by atoms with Crippen LogP contribution < -0.4 is 0 Å². The molecule has 3 nitrogen and oxygen atoms in total. The van der Waals surface area contributed by atoms with Crippen LogP contribution in [0.25, 0.3) is 0 Å². The molecule has 0 spiro atoms. The van der Waals surface area contributed by atoms with Gasteiger partial charge in [-0.25, -0.2) is 9.18 Å². The summed E-state index contributed by atoms with van der Waals surface area (Å²) < 4.78 is 17.8. The average molecular weight is 207 g/mol. The molecule has 0 N–H and O–H groups in total. The molecule has 0 atom stereocenters. The summed E-state index contributed by atoms with van der Waals surface area (Å²) in [4.78, 5) is 11.4. The zero-order chi connectivity index (χ0) is 11.4. The number of halogens is 1. The molecule has 78 valence electrons. The van der Waals surface area contributed by atoms with Crippen LogP contribution in [0, 0.1) is 24.1 Å². The summed E-state index contributed by atoms with van der Waals surface area (Å²) in [5.74, 6) is -1.22. The smallest absolute Gasteiger partial charge is 0.338 e. The molecule has 1 rings (SSSR count). The van der Waals surface area contributed by atoms with E-state index >= 15 is 0 Å². The van der Waals surface area contributed by atoms with E-state index in [9.17, 15) is 9.18 Å². The fraction of sp³-hybridized carbons (Fsp3) is 0.273. The van der Waals surface area contributed by atoms with Gasteiger partial charge >= 0.3 is 5.97 Å². The summed E-state index contributed by atoms with van der Waals surface area (Å²) in [5.41, 5.74) is 0.698. The second-order valence-electron chi connectivity index (χ2n) is 2.96. The first-order valence-electron chi connectivity index (χ1n) is 4.47. The molecule has 0 bridgehead atoms. The van der Waals surface area contributed by atoms with E-state index in [-0.39, 0.29) is 17.7 Å². The average Bonchev–Trinajstić information content (AvgIpc) is 2.21. The minimum absolute atomic E-state index is 0.105. The summed E-state index contributed by atoms with van der Waals surface area (Å²) in [5, 5.41) is 8.71. The predicted molar refractivity (Wildman–Crippen MR) is 51.8 cm³/mol. The lowest BCUT2D eigenvalue weighted by Gasteiger charge is -2.06. The van der Waals surface area contributed by atoms with E-state index in [4.69, 9.17) is 10.00 Å². The maximum atomic E-state index is 13.0. The SMILES string of the molecule is CCOC(=O)c1cc(F)cc(C#N)c1C. The van der Waals surface area contributed by atoms with Gasteiger partial charge in [0.2, 0.25) is 0 Å². The quantitative estimate of drug-likeness (QED) is 0.698. The molecule has 0 aliphatic rings. The lowest BCUT2D eigenvalue weighted by molar-refractivity contribution is 0.0525. The predicted octanol–water partition coefficient (Wildman–Crippen LogP) is 2.18. The third-order valence-electron chi connectivity index (χ3n) is 1.99. The summed E-state index contributed by atoms with van der Waals surface area (Å²) in [6.07, 6.45) is 0. The normalized spacial score (nSPS) is 9.47. The van der Waals surface area contributed by atoms with Gasteiger partial charge < -0.3 is 4.74 Å². The van der Waals surface area contributed by atoms with Crippen LogP contribution in [0.5, 0.6) is 0 Å². The molecule has 0 aliphatic heterocycles. The van der Waals surface area contributed by atoms with Crippen LogP contribution in [0.3, 0.4) is 0 Å². The van der Waals surface area contributed by atoms with Gasteiger partial charge in [-0.1, -0.05) is 0 Å².